The normalized spacial score (nSPS) is 36.9. The average molecular weight is 149 g/mol. The van der Waals surface area contributed by atoms with E-state index in [1.165, 1.54) is 5.71 Å². The van der Waals surface area contributed by atoms with Gasteiger partial charge in [-0.05, 0) is 0 Å². The molecule has 2 aliphatic rings. The molecule has 0 saturated carbocycles. The smallest absolute Gasteiger partial charge is 0.114 e. The number of aliphatic imine (C=N–C) groups is 1. The molecule has 0 radical (unpaired) electrons. The lowest BCUT2D eigenvalue weighted by Gasteiger charge is -2.01. The lowest BCUT2D eigenvalue weighted by Crippen LogP contribution is -2.12. The number of fused-ring (bicyclic) bond motifs is 2. The molecule has 0 aromatic heterocycles. The van der Waals surface area contributed by atoms with Crippen LogP contribution < -0.4 is 0 Å². The summed E-state index contributed by atoms with van der Waals surface area (Å²) in [6.45, 7) is 4.34. The molecular formula is C9H11NO. The van der Waals surface area contributed by atoms with Gasteiger partial charge in [0.05, 0.1) is 12.6 Å². The Kier molecular flexibility index (Phi) is 1.62. The maximum Gasteiger partial charge on any atom is 0.114 e. The van der Waals surface area contributed by atoms with Crippen LogP contribution in [0.2, 0.25) is 0 Å². The van der Waals surface area contributed by atoms with Crippen LogP contribution in [0.3, 0.4) is 0 Å². The van der Waals surface area contributed by atoms with Crippen molar-refractivity contribution in [3.8, 4) is 0 Å². The van der Waals surface area contributed by atoms with E-state index < -0.39 is 0 Å². The summed E-state index contributed by atoms with van der Waals surface area (Å²) in [7, 11) is 0. The Morgan fingerprint density at radius 1 is 1.73 bits per heavy atom. The summed E-state index contributed by atoms with van der Waals surface area (Å²) in [5.41, 5.74) is 1.18. The van der Waals surface area contributed by atoms with E-state index in [0.717, 1.165) is 13.0 Å². The maximum atomic E-state index is 5.51. The molecule has 0 spiro atoms. The Morgan fingerprint density at radius 3 is 3.18 bits per heavy atom. The van der Waals surface area contributed by atoms with Gasteiger partial charge in [0, 0.05) is 12.1 Å². The summed E-state index contributed by atoms with van der Waals surface area (Å²) >= 11 is 0. The van der Waals surface area contributed by atoms with E-state index in [4.69, 9.17) is 4.74 Å². The lowest BCUT2D eigenvalue weighted by molar-refractivity contribution is 0.132. The third-order valence-corrected chi connectivity index (χ3v) is 1.98. The fraction of sp³-hybridized carbons (Fsp3) is 0.444. The summed E-state index contributed by atoms with van der Waals surface area (Å²) in [6, 6.07) is 0. The molecular weight excluding hydrogens is 138 g/mol. The molecule has 58 valence electrons. The minimum absolute atomic E-state index is 0.181. The largest absolute Gasteiger partial charge is 0.360 e. The van der Waals surface area contributed by atoms with Crippen LogP contribution in [0.15, 0.2) is 29.8 Å². The van der Waals surface area contributed by atoms with E-state index in [1.54, 1.807) is 0 Å². The van der Waals surface area contributed by atoms with Crippen molar-refractivity contribution in [3.63, 3.8) is 0 Å². The summed E-state index contributed by atoms with van der Waals surface area (Å²) in [4.78, 5) is 4.35. The van der Waals surface area contributed by atoms with Gasteiger partial charge in [-0.1, -0.05) is 18.2 Å². The number of ether oxygens (including phenoxy) is 1. The number of nitrogens with zero attached hydrogens (tertiary/aromatic N) is 1. The average Bonchev–Trinajstić information content (AvgIpc) is 2.60. The van der Waals surface area contributed by atoms with Crippen molar-refractivity contribution >= 4 is 5.71 Å². The van der Waals surface area contributed by atoms with Crippen LogP contribution in [-0.4, -0.2) is 24.5 Å². The van der Waals surface area contributed by atoms with E-state index in [2.05, 4.69) is 23.7 Å². The SMILES string of the molecule is C=CCN=C1C[C@H]2C=C[C@@H]1O2. The molecule has 0 unspecified atom stereocenters. The van der Waals surface area contributed by atoms with Gasteiger partial charge in [-0.3, -0.25) is 4.99 Å². The van der Waals surface area contributed by atoms with Crippen molar-refractivity contribution in [3.05, 3.63) is 24.8 Å². The van der Waals surface area contributed by atoms with E-state index in [9.17, 15) is 0 Å². The molecule has 0 aliphatic carbocycles. The van der Waals surface area contributed by atoms with Gasteiger partial charge in [-0.25, -0.2) is 0 Å². The van der Waals surface area contributed by atoms with E-state index in [-0.39, 0.29) is 6.10 Å². The van der Waals surface area contributed by atoms with Crippen LogP contribution in [0.5, 0.6) is 0 Å². The quantitative estimate of drug-likeness (QED) is 0.543. The zero-order valence-electron chi connectivity index (χ0n) is 6.36. The van der Waals surface area contributed by atoms with Crippen LogP contribution >= 0.6 is 0 Å². The zero-order chi connectivity index (χ0) is 7.68. The van der Waals surface area contributed by atoms with Crippen LogP contribution in [0.4, 0.5) is 0 Å². The minimum Gasteiger partial charge on any atom is -0.360 e. The maximum absolute atomic E-state index is 5.51. The molecule has 0 amide bonds. The monoisotopic (exact) mass is 149 g/mol. The molecule has 0 aromatic carbocycles. The summed E-state index contributed by atoms with van der Waals surface area (Å²) in [5, 5.41) is 0. The first-order valence-electron chi connectivity index (χ1n) is 3.88. The van der Waals surface area contributed by atoms with Crippen LogP contribution in [0, 0.1) is 0 Å². The van der Waals surface area contributed by atoms with E-state index in [1.807, 2.05) is 6.08 Å². The van der Waals surface area contributed by atoms with E-state index >= 15 is 0 Å². The van der Waals surface area contributed by atoms with Crippen LogP contribution in [0.25, 0.3) is 0 Å². The Hall–Kier alpha value is -0.890. The van der Waals surface area contributed by atoms with Gasteiger partial charge in [0.15, 0.2) is 0 Å². The van der Waals surface area contributed by atoms with E-state index in [0.29, 0.717) is 6.10 Å². The second-order valence-electron chi connectivity index (χ2n) is 2.80. The van der Waals surface area contributed by atoms with Gasteiger partial charge in [0.25, 0.3) is 0 Å². The first kappa shape index (κ1) is 6.80. The Labute approximate surface area is 66.3 Å². The molecule has 2 nitrogen and oxygen atoms in total. The number of hydrogen-bond donors (Lipinski definition) is 0. The van der Waals surface area contributed by atoms with Gasteiger partial charge in [0.2, 0.25) is 0 Å². The molecule has 2 atom stereocenters. The van der Waals surface area contributed by atoms with Gasteiger partial charge >= 0.3 is 0 Å². The van der Waals surface area contributed by atoms with Gasteiger partial charge in [-0.15, -0.1) is 6.58 Å². The Morgan fingerprint density at radius 2 is 2.64 bits per heavy atom. The fourth-order valence-electron chi connectivity index (χ4n) is 1.47. The summed E-state index contributed by atoms with van der Waals surface area (Å²) in [5.74, 6) is 0. The third-order valence-electron chi connectivity index (χ3n) is 1.98. The third kappa shape index (κ3) is 1.14. The number of hydrogen-bond acceptors (Lipinski definition) is 2. The molecule has 0 N–H and O–H groups in total. The van der Waals surface area contributed by atoms with Crippen LogP contribution in [0.1, 0.15) is 6.42 Å². The van der Waals surface area contributed by atoms with Gasteiger partial charge in [-0.2, -0.15) is 0 Å². The second kappa shape index (κ2) is 2.62. The lowest BCUT2D eigenvalue weighted by atomic mass is 10.1. The predicted octanol–water partition coefficient (Wildman–Crippen LogP) is 1.34. The highest BCUT2D eigenvalue weighted by Crippen LogP contribution is 2.25. The molecule has 11 heavy (non-hydrogen) atoms. The van der Waals surface area contributed by atoms with Gasteiger partial charge < -0.3 is 4.74 Å². The van der Waals surface area contributed by atoms with Crippen molar-refractivity contribution in [2.75, 3.05) is 6.54 Å². The highest BCUT2D eigenvalue weighted by molar-refractivity contribution is 5.94. The predicted molar refractivity (Wildman–Crippen MR) is 44.9 cm³/mol. The minimum atomic E-state index is 0.181. The molecule has 2 bridgehead atoms. The Balaban J connectivity index is 2.07. The standard InChI is InChI=1S/C9H11NO/c1-2-5-10-8-6-7-3-4-9(8)11-7/h2-4,7,9H,1,5-6H2/t7-,9+/m1/s1. The van der Waals surface area contributed by atoms with Crippen molar-refractivity contribution in [1.82, 2.24) is 0 Å². The highest BCUT2D eigenvalue weighted by atomic mass is 16.5. The van der Waals surface area contributed by atoms with Crippen LogP contribution in [-0.2, 0) is 4.74 Å². The zero-order valence-corrected chi connectivity index (χ0v) is 6.36. The molecule has 2 rings (SSSR count). The first-order chi connectivity index (χ1) is 5.40. The van der Waals surface area contributed by atoms with Gasteiger partial charge in [0.1, 0.15) is 6.10 Å². The van der Waals surface area contributed by atoms with Crippen molar-refractivity contribution in [2.24, 2.45) is 4.99 Å². The summed E-state index contributed by atoms with van der Waals surface area (Å²) < 4.78 is 5.51. The topological polar surface area (TPSA) is 21.6 Å². The number of rotatable bonds is 2. The molecule has 2 aliphatic heterocycles. The molecule has 0 aromatic rings. The highest BCUT2D eigenvalue weighted by Gasteiger charge is 2.32. The molecule has 2 heteroatoms. The molecule has 2 heterocycles. The first-order valence-corrected chi connectivity index (χ1v) is 3.88. The van der Waals surface area contributed by atoms with Crippen molar-refractivity contribution in [2.45, 2.75) is 18.6 Å². The second-order valence-corrected chi connectivity index (χ2v) is 2.80. The fourth-order valence-corrected chi connectivity index (χ4v) is 1.47. The van der Waals surface area contributed by atoms with Crippen molar-refractivity contribution in [1.29, 1.82) is 0 Å². The Bertz CT molecular complexity index is 230. The molecule has 1 fully saturated rings. The van der Waals surface area contributed by atoms with Crippen molar-refractivity contribution < 1.29 is 4.74 Å². The summed E-state index contributed by atoms with van der Waals surface area (Å²) in [6.07, 6.45) is 7.47. The molecule has 1 saturated heterocycles.